The maximum absolute atomic E-state index is 7.35. The topological polar surface area (TPSA) is 48.2 Å². The van der Waals surface area contributed by atoms with Gasteiger partial charge in [-0.1, -0.05) is 0 Å². The van der Waals surface area contributed by atoms with Crippen LogP contribution in [0.25, 0.3) is 0 Å². The number of nitrogens with one attached hydrogen (secondary N) is 2. The van der Waals surface area contributed by atoms with Crippen molar-refractivity contribution in [2.45, 2.75) is 6.42 Å². The molecule has 0 radical (unpaired) electrons. The van der Waals surface area contributed by atoms with E-state index in [1.807, 2.05) is 0 Å². The molecule has 0 atom stereocenters. The smallest absolute Gasteiger partial charge is 0.0662 e. The van der Waals surface area contributed by atoms with Crippen molar-refractivity contribution in [3.8, 4) is 0 Å². The van der Waals surface area contributed by atoms with E-state index in [9.17, 15) is 0 Å². The van der Waals surface area contributed by atoms with Crippen molar-refractivity contribution in [1.29, 1.82) is 5.41 Å². The molecule has 0 unspecified atom stereocenters. The third-order valence-corrected chi connectivity index (χ3v) is 1.46. The van der Waals surface area contributed by atoms with Crippen LogP contribution in [0.5, 0.6) is 0 Å². The van der Waals surface area contributed by atoms with Crippen molar-refractivity contribution in [1.82, 2.24) is 5.32 Å². The molecular weight excluding hydrogens is 114 g/mol. The van der Waals surface area contributed by atoms with Gasteiger partial charge in [-0.2, -0.15) is 0 Å². The summed E-state index contributed by atoms with van der Waals surface area (Å²) >= 11 is 0. The minimum Gasteiger partial charge on any atom is -0.311 e. The Hall–Kier alpha value is -0.700. The van der Waals surface area contributed by atoms with Crippen LogP contribution >= 0.6 is 0 Å². The zero-order valence-corrected chi connectivity index (χ0v) is 5.57. The lowest BCUT2D eigenvalue weighted by molar-refractivity contribution is 0.766. The molecule has 50 valence electrons. The molecule has 0 bridgehead atoms. The van der Waals surface area contributed by atoms with E-state index in [2.05, 4.69) is 10.3 Å². The zero-order valence-electron chi connectivity index (χ0n) is 5.57. The summed E-state index contributed by atoms with van der Waals surface area (Å²) in [5, 5.41) is 10.4. The van der Waals surface area contributed by atoms with E-state index in [-0.39, 0.29) is 0 Å². The first kappa shape index (κ1) is 6.42. The molecule has 0 saturated carbocycles. The Morgan fingerprint density at radius 2 is 2.44 bits per heavy atom. The van der Waals surface area contributed by atoms with Crippen LogP contribution in [0.4, 0.5) is 0 Å². The Kier molecular flexibility index (Phi) is 1.95. The molecular formula is C6H11N3. The maximum Gasteiger partial charge on any atom is 0.0662 e. The highest BCUT2D eigenvalue weighted by Crippen LogP contribution is 1.92. The Bertz CT molecular complexity index is 148. The SMILES string of the molecule is CN=C1CCNCC1=N. The molecule has 1 fully saturated rings. The van der Waals surface area contributed by atoms with Gasteiger partial charge in [-0.05, 0) is 0 Å². The number of aliphatic imine (C=N–C) groups is 1. The van der Waals surface area contributed by atoms with Crippen LogP contribution in [0.2, 0.25) is 0 Å². The maximum atomic E-state index is 7.35. The van der Waals surface area contributed by atoms with Gasteiger partial charge in [0, 0.05) is 26.6 Å². The second-order valence-electron chi connectivity index (χ2n) is 2.08. The third-order valence-electron chi connectivity index (χ3n) is 1.46. The van der Waals surface area contributed by atoms with Gasteiger partial charge in [-0.3, -0.25) is 4.99 Å². The fraction of sp³-hybridized carbons (Fsp3) is 0.667. The lowest BCUT2D eigenvalue weighted by atomic mass is 10.1. The van der Waals surface area contributed by atoms with Gasteiger partial charge in [-0.25, -0.2) is 0 Å². The summed E-state index contributed by atoms with van der Waals surface area (Å²) in [5.41, 5.74) is 1.59. The number of piperidine rings is 1. The predicted molar refractivity (Wildman–Crippen MR) is 38.6 cm³/mol. The monoisotopic (exact) mass is 125 g/mol. The summed E-state index contributed by atoms with van der Waals surface area (Å²) in [5.74, 6) is 0. The van der Waals surface area contributed by atoms with Gasteiger partial charge in [0.05, 0.1) is 11.4 Å². The highest BCUT2D eigenvalue weighted by molar-refractivity contribution is 6.42. The summed E-state index contributed by atoms with van der Waals surface area (Å²) in [6.07, 6.45) is 0.912. The minimum atomic E-state index is 0.642. The summed E-state index contributed by atoms with van der Waals surface area (Å²) in [6, 6.07) is 0. The Morgan fingerprint density at radius 3 is 2.89 bits per heavy atom. The third kappa shape index (κ3) is 1.36. The molecule has 0 aliphatic carbocycles. The van der Waals surface area contributed by atoms with E-state index in [0.717, 1.165) is 18.7 Å². The molecule has 9 heavy (non-hydrogen) atoms. The van der Waals surface area contributed by atoms with Crippen LogP contribution in [0, 0.1) is 5.41 Å². The van der Waals surface area contributed by atoms with Gasteiger partial charge in [-0.15, -0.1) is 0 Å². The number of rotatable bonds is 0. The fourth-order valence-corrected chi connectivity index (χ4v) is 0.920. The lowest BCUT2D eigenvalue weighted by Crippen LogP contribution is -2.36. The lowest BCUT2D eigenvalue weighted by Gasteiger charge is -2.14. The first-order chi connectivity index (χ1) is 4.34. The number of hydrogen-bond donors (Lipinski definition) is 2. The molecule has 0 aromatic rings. The van der Waals surface area contributed by atoms with Crippen molar-refractivity contribution in [3.05, 3.63) is 0 Å². The van der Waals surface area contributed by atoms with E-state index in [0.29, 0.717) is 12.3 Å². The number of nitrogens with zero attached hydrogens (tertiary/aromatic N) is 1. The first-order valence-electron chi connectivity index (χ1n) is 3.09. The van der Waals surface area contributed by atoms with Gasteiger partial charge in [0.15, 0.2) is 0 Å². The van der Waals surface area contributed by atoms with E-state index in [1.165, 1.54) is 0 Å². The van der Waals surface area contributed by atoms with Crippen LogP contribution in [-0.4, -0.2) is 31.6 Å². The first-order valence-corrected chi connectivity index (χ1v) is 3.09. The van der Waals surface area contributed by atoms with Crippen LogP contribution in [0.1, 0.15) is 6.42 Å². The van der Waals surface area contributed by atoms with Gasteiger partial charge in [0.2, 0.25) is 0 Å². The molecule has 1 heterocycles. The second kappa shape index (κ2) is 2.73. The summed E-state index contributed by atoms with van der Waals surface area (Å²) in [6.45, 7) is 1.65. The summed E-state index contributed by atoms with van der Waals surface area (Å²) < 4.78 is 0. The van der Waals surface area contributed by atoms with E-state index < -0.39 is 0 Å². The highest BCUT2D eigenvalue weighted by Gasteiger charge is 2.10. The molecule has 2 N–H and O–H groups in total. The van der Waals surface area contributed by atoms with E-state index >= 15 is 0 Å². The summed E-state index contributed by atoms with van der Waals surface area (Å²) in [4.78, 5) is 3.98. The molecule has 0 amide bonds. The molecule has 0 spiro atoms. The van der Waals surface area contributed by atoms with E-state index in [4.69, 9.17) is 5.41 Å². The second-order valence-corrected chi connectivity index (χ2v) is 2.08. The van der Waals surface area contributed by atoms with Gasteiger partial charge in [0.25, 0.3) is 0 Å². The van der Waals surface area contributed by atoms with E-state index in [1.54, 1.807) is 7.05 Å². The molecule has 3 nitrogen and oxygen atoms in total. The van der Waals surface area contributed by atoms with Crippen molar-refractivity contribution in [2.75, 3.05) is 20.1 Å². The zero-order chi connectivity index (χ0) is 6.69. The molecule has 1 saturated heterocycles. The normalized spacial score (nSPS) is 25.0. The fourth-order valence-electron chi connectivity index (χ4n) is 0.920. The minimum absolute atomic E-state index is 0.642. The van der Waals surface area contributed by atoms with Crippen LogP contribution in [0.3, 0.4) is 0 Å². The molecule has 1 aliphatic rings. The standard InChI is InChI=1S/C6H11N3/c1-8-6-2-3-9-4-5(6)7/h7,9H,2-4H2,1H3. The molecule has 0 aromatic heterocycles. The van der Waals surface area contributed by atoms with Crippen molar-refractivity contribution < 1.29 is 0 Å². The number of hydrogen-bond acceptors (Lipinski definition) is 3. The van der Waals surface area contributed by atoms with Gasteiger partial charge in [0.1, 0.15) is 0 Å². The average molecular weight is 125 g/mol. The largest absolute Gasteiger partial charge is 0.311 e. The van der Waals surface area contributed by atoms with Gasteiger partial charge >= 0.3 is 0 Å². The highest BCUT2D eigenvalue weighted by atomic mass is 14.9. The van der Waals surface area contributed by atoms with Crippen LogP contribution in [-0.2, 0) is 0 Å². The quantitative estimate of drug-likeness (QED) is 0.473. The van der Waals surface area contributed by atoms with Crippen LogP contribution < -0.4 is 5.32 Å². The molecule has 3 heteroatoms. The molecule has 1 aliphatic heterocycles. The average Bonchev–Trinajstić information content (AvgIpc) is 1.89. The summed E-state index contributed by atoms with van der Waals surface area (Å²) in [7, 11) is 1.75. The molecule has 0 aromatic carbocycles. The Balaban J connectivity index is 2.60. The van der Waals surface area contributed by atoms with Gasteiger partial charge < -0.3 is 10.7 Å². The van der Waals surface area contributed by atoms with Crippen LogP contribution in [0.15, 0.2) is 4.99 Å². The Labute approximate surface area is 54.7 Å². The Morgan fingerprint density at radius 1 is 1.67 bits per heavy atom. The van der Waals surface area contributed by atoms with Crippen molar-refractivity contribution >= 4 is 11.4 Å². The van der Waals surface area contributed by atoms with Crippen molar-refractivity contribution in [2.24, 2.45) is 4.99 Å². The molecule has 1 rings (SSSR count). The van der Waals surface area contributed by atoms with Crippen molar-refractivity contribution in [3.63, 3.8) is 0 Å². The predicted octanol–water partition coefficient (Wildman–Crippen LogP) is 0.0703.